The van der Waals surface area contributed by atoms with Crippen LogP contribution in [0.3, 0.4) is 0 Å². The molecule has 0 fully saturated rings. The van der Waals surface area contributed by atoms with Crippen LogP contribution in [-0.4, -0.2) is 42.4 Å². The molecule has 0 aliphatic carbocycles. The zero-order valence-corrected chi connectivity index (χ0v) is 14.6. The molecule has 2 amide bonds. The summed E-state index contributed by atoms with van der Waals surface area (Å²) >= 11 is 0. The molecule has 0 spiro atoms. The number of benzene rings is 1. The van der Waals surface area contributed by atoms with Crippen LogP contribution in [0.1, 0.15) is 37.8 Å². The quantitative estimate of drug-likeness (QED) is 0.657. The van der Waals surface area contributed by atoms with Crippen molar-refractivity contribution in [1.29, 1.82) is 0 Å². The third kappa shape index (κ3) is 5.45. The summed E-state index contributed by atoms with van der Waals surface area (Å²) in [4.78, 5) is 37.6. The van der Waals surface area contributed by atoms with E-state index in [0.717, 1.165) is 5.56 Å². The number of carbonyl (C=O) groups excluding carboxylic acids is 3. The van der Waals surface area contributed by atoms with E-state index in [2.05, 4.69) is 5.32 Å². The van der Waals surface area contributed by atoms with Crippen molar-refractivity contribution < 1.29 is 19.1 Å². The minimum atomic E-state index is -0.666. The molecule has 1 heterocycles. The summed E-state index contributed by atoms with van der Waals surface area (Å²) in [6, 6.07) is 8.30. The lowest BCUT2D eigenvalue weighted by molar-refractivity contribution is -0.154. The number of likely N-dealkylation sites (N-methyl/N-ethyl adjacent to an activating group) is 1. The van der Waals surface area contributed by atoms with E-state index in [0.29, 0.717) is 19.3 Å². The molecule has 1 aliphatic rings. The normalized spacial score (nSPS) is 22.2. The molecule has 1 N–H and O–H groups in total. The smallest absolute Gasteiger partial charge is 0.329 e. The van der Waals surface area contributed by atoms with Gasteiger partial charge in [-0.25, -0.2) is 4.79 Å². The van der Waals surface area contributed by atoms with E-state index in [-0.39, 0.29) is 18.4 Å². The molecule has 0 unspecified atom stereocenters. The number of nitrogens with one attached hydrogen (secondary N) is 1. The van der Waals surface area contributed by atoms with Gasteiger partial charge in [0.25, 0.3) is 0 Å². The van der Waals surface area contributed by atoms with Crippen molar-refractivity contribution in [1.82, 2.24) is 10.2 Å². The number of allylic oxidation sites excluding steroid dienone is 1. The van der Waals surface area contributed by atoms with Gasteiger partial charge in [0, 0.05) is 20.4 Å². The van der Waals surface area contributed by atoms with Crippen molar-refractivity contribution >= 4 is 17.8 Å². The molecule has 0 saturated heterocycles. The van der Waals surface area contributed by atoms with Crippen LogP contribution in [-0.2, 0) is 19.1 Å². The zero-order chi connectivity index (χ0) is 18.2. The van der Waals surface area contributed by atoms with Gasteiger partial charge in [0.15, 0.2) is 0 Å². The number of rotatable bonds is 2. The SMILES string of the molecule is CC(=O)N(C)[C@@H]1CC=CCCC(=O)N[C@H](c2ccccc2)COC1=O. The van der Waals surface area contributed by atoms with E-state index < -0.39 is 18.1 Å². The molecule has 2 atom stereocenters. The van der Waals surface area contributed by atoms with Gasteiger partial charge in [-0.15, -0.1) is 0 Å². The maximum absolute atomic E-state index is 12.5. The fourth-order valence-corrected chi connectivity index (χ4v) is 2.62. The Morgan fingerprint density at radius 3 is 2.60 bits per heavy atom. The number of amides is 2. The lowest BCUT2D eigenvalue weighted by Gasteiger charge is -2.26. The number of ether oxygens (including phenoxy) is 1. The first-order chi connectivity index (χ1) is 12.0. The number of hydrogen-bond acceptors (Lipinski definition) is 4. The average Bonchev–Trinajstić information content (AvgIpc) is 2.60. The highest BCUT2D eigenvalue weighted by molar-refractivity contribution is 5.83. The maximum atomic E-state index is 12.5. The fourth-order valence-electron chi connectivity index (χ4n) is 2.62. The van der Waals surface area contributed by atoms with Gasteiger partial charge in [-0.05, 0) is 18.4 Å². The van der Waals surface area contributed by atoms with E-state index in [1.807, 2.05) is 42.5 Å². The van der Waals surface area contributed by atoms with E-state index >= 15 is 0 Å². The third-order valence-corrected chi connectivity index (χ3v) is 4.23. The summed E-state index contributed by atoms with van der Waals surface area (Å²) in [6.45, 7) is 1.45. The Hall–Kier alpha value is -2.63. The average molecular weight is 344 g/mol. The van der Waals surface area contributed by atoms with Gasteiger partial charge in [0.1, 0.15) is 12.6 Å². The van der Waals surface area contributed by atoms with E-state index in [9.17, 15) is 14.4 Å². The van der Waals surface area contributed by atoms with Crippen molar-refractivity contribution in [3.05, 3.63) is 48.0 Å². The largest absolute Gasteiger partial charge is 0.462 e. The highest BCUT2D eigenvalue weighted by atomic mass is 16.5. The molecular formula is C19H24N2O4. The van der Waals surface area contributed by atoms with Gasteiger partial charge in [-0.1, -0.05) is 42.5 Å². The van der Waals surface area contributed by atoms with Crippen molar-refractivity contribution in [2.45, 2.75) is 38.3 Å². The van der Waals surface area contributed by atoms with Crippen LogP contribution in [0.4, 0.5) is 0 Å². The van der Waals surface area contributed by atoms with Gasteiger partial charge in [-0.3, -0.25) is 9.59 Å². The molecule has 1 aliphatic heterocycles. The predicted octanol–water partition coefficient (Wildman–Crippen LogP) is 1.97. The first-order valence-electron chi connectivity index (χ1n) is 8.38. The molecule has 134 valence electrons. The summed E-state index contributed by atoms with van der Waals surface area (Å²) in [5.74, 6) is -0.763. The molecule has 1 aromatic rings. The van der Waals surface area contributed by atoms with E-state index in [4.69, 9.17) is 4.74 Å². The molecule has 6 nitrogen and oxygen atoms in total. The summed E-state index contributed by atoms with van der Waals surface area (Å²) in [6.07, 6.45) is 4.98. The number of carbonyl (C=O) groups is 3. The molecule has 0 aromatic heterocycles. The Morgan fingerprint density at radius 1 is 1.20 bits per heavy atom. The van der Waals surface area contributed by atoms with Gasteiger partial charge >= 0.3 is 5.97 Å². The maximum Gasteiger partial charge on any atom is 0.329 e. The van der Waals surface area contributed by atoms with Crippen LogP contribution in [0.15, 0.2) is 42.5 Å². The summed E-state index contributed by atoms with van der Waals surface area (Å²) in [7, 11) is 1.59. The topological polar surface area (TPSA) is 75.7 Å². The Kier molecular flexibility index (Phi) is 6.74. The van der Waals surface area contributed by atoms with Gasteiger partial charge in [0.2, 0.25) is 11.8 Å². The number of nitrogens with zero attached hydrogens (tertiary/aromatic N) is 1. The Labute approximate surface area is 147 Å². The Bertz CT molecular complexity index is 642. The van der Waals surface area contributed by atoms with Gasteiger partial charge in [0.05, 0.1) is 6.04 Å². The molecular weight excluding hydrogens is 320 g/mol. The number of cyclic esters (lactones) is 1. The highest BCUT2D eigenvalue weighted by Gasteiger charge is 2.27. The van der Waals surface area contributed by atoms with Crippen LogP contribution in [0.2, 0.25) is 0 Å². The van der Waals surface area contributed by atoms with E-state index in [1.54, 1.807) is 7.05 Å². The number of esters is 1. The van der Waals surface area contributed by atoms with Crippen LogP contribution < -0.4 is 5.32 Å². The molecule has 2 rings (SSSR count). The second-order valence-electron chi connectivity index (χ2n) is 6.05. The first-order valence-corrected chi connectivity index (χ1v) is 8.38. The van der Waals surface area contributed by atoms with Crippen molar-refractivity contribution in [2.24, 2.45) is 0 Å². The van der Waals surface area contributed by atoms with Gasteiger partial charge < -0.3 is 15.0 Å². The number of hydrogen-bond donors (Lipinski definition) is 1. The molecule has 6 heteroatoms. The van der Waals surface area contributed by atoms with Crippen LogP contribution in [0.5, 0.6) is 0 Å². The second kappa shape index (κ2) is 9.01. The summed E-state index contributed by atoms with van der Waals surface area (Å²) in [5.41, 5.74) is 0.868. The molecule has 1 aromatic carbocycles. The third-order valence-electron chi connectivity index (χ3n) is 4.23. The monoisotopic (exact) mass is 344 g/mol. The standard InChI is InChI=1S/C19H24N2O4/c1-14(22)21(2)17-11-7-4-8-12-18(23)20-16(13-25-19(17)24)15-9-5-3-6-10-15/h3-7,9-10,16-17H,8,11-13H2,1-2H3,(H,20,23)/t16-,17+/m0/s1. The molecule has 25 heavy (non-hydrogen) atoms. The molecule has 0 bridgehead atoms. The first kappa shape index (κ1) is 18.7. The minimum Gasteiger partial charge on any atom is -0.462 e. The van der Waals surface area contributed by atoms with Crippen molar-refractivity contribution in [2.75, 3.05) is 13.7 Å². The Morgan fingerprint density at radius 2 is 1.92 bits per heavy atom. The van der Waals surface area contributed by atoms with Crippen LogP contribution in [0, 0.1) is 0 Å². The lowest BCUT2D eigenvalue weighted by Crippen LogP contribution is -2.43. The fraction of sp³-hybridized carbons (Fsp3) is 0.421. The predicted molar refractivity (Wildman–Crippen MR) is 93.5 cm³/mol. The molecule has 0 radical (unpaired) electrons. The Balaban J connectivity index is 2.20. The zero-order valence-electron chi connectivity index (χ0n) is 14.6. The second-order valence-corrected chi connectivity index (χ2v) is 6.05. The minimum absolute atomic E-state index is 0.0283. The lowest BCUT2D eigenvalue weighted by atomic mass is 10.1. The van der Waals surface area contributed by atoms with Crippen molar-refractivity contribution in [3.63, 3.8) is 0 Å². The molecule has 0 saturated carbocycles. The van der Waals surface area contributed by atoms with Gasteiger partial charge in [-0.2, -0.15) is 0 Å². The van der Waals surface area contributed by atoms with Crippen LogP contribution in [0.25, 0.3) is 0 Å². The highest BCUT2D eigenvalue weighted by Crippen LogP contribution is 2.16. The van der Waals surface area contributed by atoms with Crippen molar-refractivity contribution in [3.8, 4) is 0 Å². The van der Waals surface area contributed by atoms with Crippen LogP contribution >= 0.6 is 0 Å². The summed E-state index contributed by atoms with van der Waals surface area (Å²) < 4.78 is 5.43. The van der Waals surface area contributed by atoms with E-state index in [1.165, 1.54) is 11.8 Å². The summed E-state index contributed by atoms with van der Waals surface area (Å²) in [5, 5.41) is 2.91.